The van der Waals surface area contributed by atoms with Gasteiger partial charge in [-0.2, -0.15) is 0 Å². The van der Waals surface area contributed by atoms with E-state index < -0.39 is 0 Å². The smallest absolute Gasteiger partial charge is 0.0949 e. The predicted octanol–water partition coefficient (Wildman–Crippen LogP) is 2.33. The Hall–Kier alpha value is -0.790. The first kappa shape index (κ1) is 8.31. The van der Waals surface area contributed by atoms with Crippen molar-refractivity contribution in [1.29, 1.82) is 0 Å². The molecule has 0 aliphatic rings. The molecule has 61 valence electrons. The maximum Gasteiger partial charge on any atom is 0.0949 e. The lowest BCUT2D eigenvalue weighted by Crippen LogP contribution is -2.03. The molecule has 0 bridgehead atoms. The van der Waals surface area contributed by atoms with Crippen molar-refractivity contribution in [3.05, 3.63) is 25.3 Å². The maximum atomic E-state index is 3.98. The van der Waals surface area contributed by atoms with Crippen molar-refractivity contribution in [1.82, 2.24) is 9.55 Å². The topological polar surface area (TPSA) is 17.8 Å². The Morgan fingerprint density at radius 3 is 2.64 bits per heavy atom. The minimum absolute atomic E-state index is 0.684. The Morgan fingerprint density at radius 1 is 1.45 bits per heavy atom. The van der Waals surface area contributed by atoms with Crippen LogP contribution in [0.2, 0.25) is 0 Å². The summed E-state index contributed by atoms with van der Waals surface area (Å²) in [4.78, 5) is 3.98. The van der Waals surface area contributed by atoms with Crippen LogP contribution in [-0.4, -0.2) is 9.55 Å². The van der Waals surface area contributed by atoms with Gasteiger partial charge in [-0.15, -0.1) is 0 Å². The molecular formula is C9H15N2. The van der Waals surface area contributed by atoms with Gasteiger partial charge in [0.15, 0.2) is 0 Å². The van der Waals surface area contributed by atoms with E-state index in [4.69, 9.17) is 0 Å². The van der Waals surface area contributed by atoms with Crippen molar-refractivity contribution in [3.63, 3.8) is 0 Å². The summed E-state index contributed by atoms with van der Waals surface area (Å²) >= 11 is 0. The Kier molecular flexibility index (Phi) is 3.14. The standard InChI is InChI=1S/C9H15N2/c1-3-9(4-2)7-11-6-5-10-8-11/h5-9H,3-4H2,1-2H3. The lowest BCUT2D eigenvalue weighted by molar-refractivity contribution is 0.530. The van der Waals surface area contributed by atoms with Crippen LogP contribution >= 0.6 is 0 Å². The lowest BCUT2D eigenvalue weighted by Gasteiger charge is -2.10. The molecule has 0 fully saturated rings. The normalized spacial score (nSPS) is 10.8. The summed E-state index contributed by atoms with van der Waals surface area (Å²) in [7, 11) is 0. The van der Waals surface area contributed by atoms with Crippen molar-refractivity contribution in [2.45, 2.75) is 26.7 Å². The highest BCUT2D eigenvalue weighted by atomic mass is 15.0. The molecule has 0 aromatic carbocycles. The fourth-order valence-corrected chi connectivity index (χ4v) is 1.10. The average molecular weight is 151 g/mol. The van der Waals surface area contributed by atoms with Crippen LogP contribution in [0.15, 0.2) is 18.7 Å². The van der Waals surface area contributed by atoms with Crippen LogP contribution < -0.4 is 0 Å². The quantitative estimate of drug-likeness (QED) is 0.645. The highest BCUT2D eigenvalue weighted by Gasteiger charge is 2.03. The third kappa shape index (κ3) is 2.37. The SMILES string of the molecule is CCC([CH]n1ccnc1)CC. The summed E-state index contributed by atoms with van der Waals surface area (Å²) in [5.41, 5.74) is 0. The van der Waals surface area contributed by atoms with Gasteiger partial charge in [0.1, 0.15) is 0 Å². The third-order valence-electron chi connectivity index (χ3n) is 1.96. The zero-order chi connectivity index (χ0) is 8.10. The van der Waals surface area contributed by atoms with Crippen LogP contribution in [-0.2, 0) is 0 Å². The summed E-state index contributed by atoms with van der Waals surface area (Å²) in [6.07, 6.45) is 8.01. The number of hydrogen-bond donors (Lipinski definition) is 0. The average Bonchev–Trinajstić information content (AvgIpc) is 2.52. The first-order valence-corrected chi connectivity index (χ1v) is 4.19. The van der Waals surface area contributed by atoms with E-state index in [9.17, 15) is 0 Å². The molecule has 2 heteroatoms. The molecule has 2 nitrogen and oxygen atoms in total. The molecule has 0 saturated carbocycles. The Labute approximate surface area is 68.3 Å². The van der Waals surface area contributed by atoms with Gasteiger partial charge >= 0.3 is 0 Å². The Balaban J connectivity index is 2.41. The summed E-state index contributed by atoms with van der Waals surface area (Å²) < 4.78 is 2.03. The molecule has 0 aliphatic heterocycles. The van der Waals surface area contributed by atoms with Crippen LogP contribution in [0.4, 0.5) is 0 Å². The third-order valence-corrected chi connectivity index (χ3v) is 1.96. The van der Waals surface area contributed by atoms with E-state index in [0.717, 1.165) is 0 Å². The van der Waals surface area contributed by atoms with Crippen molar-refractivity contribution in [2.24, 2.45) is 5.92 Å². The first-order valence-electron chi connectivity index (χ1n) is 4.19. The van der Waals surface area contributed by atoms with Gasteiger partial charge in [-0.05, 0) is 5.92 Å². The number of hydrogen-bond acceptors (Lipinski definition) is 1. The molecule has 1 rings (SSSR count). The van der Waals surface area contributed by atoms with Gasteiger partial charge in [0.2, 0.25) is 0 Å². The largest absolute Gasteiger partial charge is 0.332 e. The van der Waals surface area contributed by atoms with E-state index in [1.165, 1.54) is 12.8 Å². The zero-order valence-electron chi connectivity index (χ0n) is 7.20. The van der Waals surface area contributed by atoms with Gasteiger partial charge in [0.25, 0.3) is 0 Å². The van der Waals surface area contributed by atoms with E-state index >= 15 is 0 Å². The Morgan fingerprint density at radius 2 is 2.18 bits per heavy atom. The second-order valence-corrected chi connectivity index (χ2v) is 2.74. The van der Waals surface area contributed by atoms with Crippen molar-refractivity contribution in [2.75, 3.05) is 0 Å². The van der Waals surface area contributed by atoms with E-state index in [2.05, 4.69) is 25.4 Å². The van der Waals surface area contributed by atoms with Crippen LogP contribution in [0.25, 0.3) is 0 Å². The number of imidazole rings is 1. The highest BCUT2D eigenvalue weighted by Crippen LogP contribution is 2.11. The minimum atomic E-state index is 0.684. The molecular weight excluding hydrogens is 136 g/mol. The first-order chi connectivity index (χ1) is 5.36. The number of nitrogens with zero attached hydrogens (tertiary/aromatic N) is 2. The summed E-state index contributed by atoms with van der Waals surface area (Å²) in [6.45, 7) is 6.64. The van der Waals surface area contributed by atoms with Crippen molar-refractivity contribution >= 4 is 0 Å². The second kappa shape index (κ2) is 4.16. The molecule has 1 aromatic rings. The van der Waals surface area contributed by atoms with Crippen molar-refractivity contribution in [3.8, 4) is 0 Å². The summed E-state index contributed by atoms with van der Waals surface area (Å²) in [5, 5.41) is 0. The Bertz CT molecular complexity index is 175. The molecule has 0 spiro atoms. The van der Waals surface area contributed by atoms with Crippen LogP contribution in [0, 0.1) is 12.5 Å². The van der Waals surface area contributed by atoms with Gasteiger partial charge in [0.05, 0.1) is 12.9 Å². The second-order valence-electron chi connectivity index (χ2n) is 2.74. The van der Waals surface area contributed by atoms with Gasteiger partial charge in [-0.25, -0.2) is 4.98 Å². The molecule has 0 aliphatic carbocycles. The highest BCUT2D eigenvalue weighted by molar-refractivity contribution is 4.85. The zero-order valence-corrected chi connectivity index (χ0v) is 7.20. The molecule has 0 unspecified atom stereocenters. The predicted molar refractivity (Wildman–Crippen MR) is 46.0 cm³/mol. The summed E-state index contributed by atoms with van der Waals surface area (Å²) in [6, 6.07) is 0. The monoisotopic (exact) mass is 151 g/mol. The van der Waals surface area contributed by atoms with E-state index in [1.807, 2.05) is 17.1 Å². The summed E-state index contributed by atoms with van der Waals surface area (Å²) in [5.74, 6) is 0.684. The number of rotatable bonds is 4. The number of aromatic nitrogens is 2. The lowest BCUT2D eigenvalue weighted by atomic mass is 10.0. The molecule has 0 atom stereocenters. The minimum Gasteiger partial charge on any atom is -0.332 e. The molecule has 1 aromatic heterocycles. The van der Waals surface area contributed by atoms with Gasteiger partial charge < -0.3 is 4.57 Å². The van der Waals surface area contributed by atoms with Crippen LogP contribution in [0.1, 0.15) is 26.7 Å². The molecule has 0 amide bonds. The van der Waals surface area contributed by atoms with E-state index in [-0.39, 0.29) is 0 Å². The molecule has 0 saturated heterocycles. The molecule has 1 radical (unpaired) electrons. The van der Waals surface area contributed by atoms with Crippen molar-refractivity contribution < 1.29 is 0 Å². The maximum absolute atomic E-state index is 3.98. The van der Waals surface area contributed by atoms with E-state index in [0.29, 0.717) is 5.92 Å². The van der Waals surface area contributed by atoms with Gasteiger partial charge in [-0.3, -0.25) is 0 Å². The van der Waals surface area contributed by atoms with E-state index in [1.54, 1.807) is 6.20 Å². The molecule has 0 N–H and O–H groups in total. The molecule has 1 heterocycles. The van der Waals surface area contributed by atoms with Crippen LogP contribution in [0.5, 0.6) is 0 Å². The van der Waals surface area contributed by atoms with Crippen LogP contribution in [0.3, 0.4) is 0 Å². The van der Waals surface area contributed by atoms with Gasteiger partial charge in [-0.1, -0.05) is 26.7 Å². The fourth-order valence-electron chi connectivity index (χ4n) is 1.10. The fraction of sp³-hybridized carbons (Fsp3) is 0.556. The molecule has 11 heavy (non-hydrogen) atoms. The van der Waals surface area contributed by atoms with Gasteiger partial charge in [0, 0.05) is 12.4 Å².